The summed E-state index contributed by atoms with van der Waals surface area (Å²) in [6, 6.07) is 2.28. The predicted molar refractivity (Wildman–Crippen MR) is 85.7 cm³/mol. The van der Waals surface area contributed by atoms with E-state index in [1.807, 2.05) is 31.7 Å². The minimum atomic E-state index is -0.420. The zero-order chi connectivity index (χ0) is 16.2. The minimum absolute atomic E-state index is 0.185. The fourth-order valence-corrected chi connectivity index (χ4v) is 2.70. The average molecular weight is 308 g/mol. The fraction of sp³-hybridized carbons (Fsp3) is 0.706. The van der Waals surface area contributed by atoms with Gasteiger partial charge in [0.2, 0.25) is 0 Å². The second-order valence-electron chi connectivity index (χ2n) is 7.10. The summed E-state index contributed by atoms with van der Waals surface area (Å²) < 4.78 is 10.5. The van der Waals surface area contributed by atoms with E-state index in [0.717, 1.165) is 32.5 Å². The standard InChI is InChI=1S/C17H28N2O3/c1-13(15-7-10-21-12-15)18-8-5-14-6-9-19(11-14)16(20)22-17(2,3)4/h7,10,12-14,18H,5-6,8-9,11H2,1-4H3. The van der Waals surface area contributed by atoms with Gasteiger partial charge in [0, 0.05) is 24.7 Å². The van der Waals surface area contributed by atoms with Gasteiger partial charge in [0.05, 0.1) is 12.5 Å². The van der Waals surface area contributed by atoms with Crippen molar-refractivity contribution in [3.05, 3.63) is 24.2 Å². The Morgan fingerprint density at radius 2 is 2.32 bits per heavy atom. The van der Waals surface area contributed by atoms with E-state index in [-0.39, 0.29) is 6.09 Å². The lowest BCUT2D eigenvalue weighted by molar-refractivity contribution is 0.0287. The highest BCUT2D eigenvalue weighted by atomic mass is 16.6. The summed E-state index contributed by atoms with van der Waals surface area (Å²) in [7, 11) is 0. The molecule has 1 amide bonds. The molecule has 0 spiro atoms. The van der Waals surface area contributed by atoms with Gasteiger partial charge < -0.3 is 19.4 Å². The molecule has 0 aliphatic carbocycles. The molecule has 22 heavy (non-hydrogen) atoms. The zero-order valence-electron chi connectivity index (χ0n) is 14.1. The van der Waals surface area contributed by atoms with Gasteiger partial charge >= 0.3 is 6.09 Å². The number of furan rings is 1. The number of likely N-dealkylation sites (tertiary alicyclic amines) is 1. The summed E-state index contributed by atoms with van der Waals surface area (Å²) in [4.78, 5) is 13.9. The predicted octanol–water partition coefficient (Wildman–Crippen LogP) is 3.58. The molecule has 0 aromatic carbocycles. The van der Waals surface area contributed by atoms with Gasteiger partial charge in [-0.25, -0.2) is 4.79 Å². The minimum Gasteiger partial charge on any atom is -0.472 e. The van der Waals surface area contributed by atoms with Crippen LogP contribution >= 0.6 is 0 Å². The monoisotopic (exact) mass is 308 g/mol. The van der Waals surface area contributed by atoms with Crippen LogP contribution in [0.15, 0.2) is 23.0 Å². The van der Waals surface area contributed by atoms with Crippen LogP contribution in [-0.4, -0.2) is 36.2 Å². The van der Waals surface area contributed by atoms with Crippen LogP contribution in [0.4, 0.5) is 4.79 Å². The van der Waals surface area contributed by atoms with Crippen molar-refractivity contribution in [2.45, 2.75) is 52.2 Å². The van der Waals surface area contributed by atoms with Gasteiger partial charge in [0.25, 0.3) is 0 Å². The molecule has 1 saturated heterocycles. The number of ether oxygens (including phenoxy) is 1. The molecular weight excluding hydrogens is 280 g/mol. The van der Waals surface area contributed by atoms with Crippen LogP contribution in [0.5, 0.6) is 0 Å². The molecule has 1 aliphatic rings. The van der Waals surface area contributed by atoms with Gasteiger partial charge in [-0.05, 0) is 59.1 Å². The topological polar surface area (TPSA) is 54.7 Å². The second kappa shape index (κ2) is 7.18. The summed E-state index contributed by atoms with van der Waals surface area (Å²) >= 11 is 0. The van der Waals surface area contributed by atoms with E-state index < -0.39 is 5.60 Å². The summed E-state index contributed by atoms with van der Waals surface area (Å²) in [5.41, 5.74) is 0.748. The molecule has 1 aliphatic heterocycles. The number of rotatable bonds is 5. The molecule has 5 nitrogen and oxygen atoms in total. The third-order valence-corrected chi connectivity index (χ3v) is 3.98. The maximum Gasteiger partial charge on any atom is 0.410 e. The Labute approximate surface area is 133 Å². The third kappa shape index (κ3) is 5.05. The highest BCUT2D eigenvalue weighted by Gasteiger charge is 2.29. The lowest BCUT2D eigenvalue weighted by Gasteiger charge is -2.24. The van der Waals surface area contributed by atoms with Crippen molar-refractivity contribution in [1.82, 2.24) is 10.2 Å². The van der Waals surface area contributed by atoms with Crippen LogP contribution in [0.3, 0.4) is 0 Å². The smallest absolute Gasteiger partial charge is 0.410 e. The largest absolute Gasteiger partial charge is 0.472 e. The molecule has 5 heteroatoms. The summed E-state index contributed by atoms with van der Waals surface area (Å²) in [6.07, 6.45) is 5.41. The Balaban J connectivity index is 1.67. The molecule has 0 saturated carbocycles. The first-order valence-corrected chi connectivity index (χ1v) is 8.08. The average Bonchev–Trinajstić information content (AvgIpc) is 3.08. The third-order valence-electron chi connectivity index (χ3n) is 3.98. The van der Waals surface area contributed by atoms with Gasteiger partial charge in [-0.3, -0.25) is 0 Å². The van der Waals surface area contributed by atoms with Crippen molar-refractivity contribution >= 4 is 6.09 Å². The molecule has 2 unspecified atom stereocenters. The molecular formula is C17H28N2O3. The normalized spacial score (nSPS) is 20.2. The van der Waals surface area contributed by atoms with Crippen LogP contribution < -0.4 is 5.32 Å². The van der Waals surface area contributed by atoms with Crippen LogP contribution in [0, 0.1) is 5.92 Å². The van der Waals surface area contributed by atoms with Crippen LogP contribution in [0.1, 0.15) is 52.1 Å². The Morgan fingerprint density at radius 1 is 1.55 bits per heavy atom. The van der Waals surface area contributed by atoms with Gasteiger partial charge in [0.1, 0.15) is 5.60 Å². The van der Waals surface area contributed by atoms with Gasteiger partial charge in [-0.2, -0.15) is 0 Å². The highest BCUT2D eigenvalue weighted by molar-refractivity contribution is 5.68. The SMILES string of the molecule is CC(NCCC1CCN(C(=O)OC(C)(C)C)C1)c1ccoc1. The van der Waals surface area contributed by atoms with Crippen LogP contribution in [-0.2, 0) is 4.74 Å². The van der Waals surface area contributed by atoms with Gasteiger partial charge in [-0.15, -0.1) is 0 Å². The first-order valence-electron chi connectivity index (χ1n) is 8.08. The number of carbonyl (C=O) groups is 1. The maximum atomic E-state index is 12.0. The van der Waals surface area contributed by atoms with E-state index in [2.05, 4.69) is 12.2 Å². The lowest BCUT2D eigenvalue weighted by Crippen LogP contribution is -2.35. The van der Waals surface area contributed by atoms with E-state index in [4.69, 9.17) is 9.15 Å². The van der Waals surface area contributed by atoms with E-state index in [9.17, 15) is 4.79 Å². The van der Waals surface area contributed by atoms with E-state index in [1.165, 1.54) is 5.56 Å². The number of hydrogen-bond acceptors (Lipinski definition) is 4. The lowest BCUT2D eigenvalue weighted by atomic mass is 10.0. The van der Waals surface area contributed by atoms with Crippen LogP contribution in [0.2, 0.25) is 0 Å². The molecule has 1 fully saturated rings. The fourth-order valence-electron chi connectivity index (χ4n) is 2.70. The van der Waals surface area contributed by atoms with Gasteiger partial charge in [0.15, 0.2) is 0 Å². The molecule has 2 rings (SSSR count). The molecule has 1 N–H and O–H groups in total. The number of nitrogens with zero attached hydrogens (tertiary/aromatic N) is 1. The number of nitrogens with one attached hydrogen (secondary N) is 1. The Kier molecular flexibility index (Phi) is 5.51. The molecule has 1 aromatic rings. The van der Waals surface area contributed by atoms with Crippen molar-refractivity contribution in [2.75, 3.05) is 19.6 Å². The van der Waals surface area contributed by atoms with Gasteiger partial charge in [-0.1, -0.05) is 0 Å². The Hall–Kier alpha value is -1.49. The molecule has 0 radical (unpaired) electrons. The molecule has 2 atom stereocenters. The maximum absolute atomic E-state index is 12.0. The quantitative estimate of drug-likeness (QED) is 0.903. The first-order chi connectivity index (χ1) is 10.3. The Bertz CT molecular complexity index is 465. The van der Waals surface area contributed by atoms with Crippen molar-refractivity contribution in [2.24, 2.45) is 5.92 Å². The van der Waals surface area contributed by atoms with E-state index in [1.54, 1.807) is 12.5 Å². The molecule has 0 bridgehead atoms. The Morgan fingerprint density at radius 3 is 2.95 bits per heavy atom. The van der Waals surface area contributed by atoms with Crippen molar-refractivity contribution in [1.29, 1.82) is 0 Å². The highest BCUT2D eigenvalue weighted by Crippen LogP contribution is 2.22. The van der Waals surface area contributed by atoms with Crippen molar-refractivity contribution in [3.63, 3.8) is 0 Å². The second-order valence-corrected chi connectivity index (χ2v) is 7.10. The summed E-state index contributed by atoms with van der Waals surface area (Å²) in [6.45, 7) is 10.4. The summed E-state index contributed by atoms with van der Waals surface area (Å²) in [5, 5.41) is 3.50. The van der Waals surface area contributed by atoms with E-state index in [0.29, 0.717) is 12.0 Å². The number of hydrogen-bond donors (Lipinski definition) is 1. The summed E-state index contributed by atoms with van der Waals surface area (Å²) in [5.74, 6) is 0.552. The van der Waals surface area contributed by atoms with Crippen LogP contribution in [0.25, 0.3) is 0 Å². The van der Waals surface area contributed by atoms with Crippen molar-refractivity contribution < 1.29 is 13.9 Å². The van der Waals surface area contributed by atoms with E-state index >= 15 is 0 Å². The number of amides is 1. The molecule has 1 aromatic heterocycles. The number of carbonyl (C=O) groups excluding carboxylic acids is 1. The molecule has 124 valence electrons. The first kappa shape index (κ1) is 16.9. The molecule has 2 heterocycles. The van der Waals surface area contributed by atoms with Crippen molar-refractivity contribution in [3.8, 4) is 0 Å². The zero-order valence-corrected chi connectivity index (χ0v) is 14.1.